The average molecular weight is 336 g/mol. The first-order valence-corrected chi connectivity index (χ1v) is 8.24. The van der Waals surface area contributed by atoms with Gasteiger partial charge in [0.05, 0.1) is 11.4 Å². The highest BCUT2D eigenvalue weighted by Gasteiger charge is 2.55. The third kappa shape index (κ3) is 2.93. The van der Waals surface area contributed by atoms with Crippen LogP contribution in [0.25, 0.3) is 0 Å². The van der Waals surface area contributed by atoms with Gasteiger partial charge in [0.1, 0.15) is 11.2 Å². The van der Waals surface area contributed by atoms with Gasteiger partial charge in [-0.15, -0.1) is 0 Å². The smallest absolute Gasteiger partial charge is 0.261 e. The number of para-hydroxylation sites is 2. The molecule has 5 heteroatoms. The van der Waals surface area contributed by atoms with Gasteiger partial charge < -0.3 is 4.79 Å². The lowest BCUT2D eigenvalue weighted by atomic mass is 9.84. The number of benzene rings is 2. The van der Waals surface area contributed by atoms with E-state index < -0.39 is 5.41 Å². The van der Waals surface area contributed by atoms with Crippen molar-refractivity contribution < 1.29 is 14.4 Å². The first kappa shape index (κ1) is 16.9. The molecule has 3 rings (SSSR count). The average Bonchev–Trinajstić information content (AvgIpc) is 2.83. The van der Waals surface area contributed by atoms with E-state index in [2.05, 4.69) is 0 Å². The van der Waals surface area contributed by atoms with Crippen LogP contribution in [0.3, 0.4) is 0 Å². The topological polar surface area (TPSA) is 57.7 Å². The monoisotopic (exact) mass is 336 g/mol. The van der Waals surface area contributed by atoms with Gasteiger partial charge in [0.15, 0.2) is 0 Å². The van der Waals surface area contributed by atoms with Crippen LogP contribution in [0.15, 0.2) is 60.7 Å². The molecule has 0 N–H and O–H groups in total. The molecule has 2 aromatic rings. The van der Waals surface area contributed by atoms with Gasteiger partial charge in [0, 0.05) is 6.42 Å². The molecule has 0 aliphatic carbocycles. The van der Waals surface area contributed by atoms with Gasteiger partial charge >= 0.3 is 0 Å². The minimum atomic E-state index is -1.25. The van der Waals surface area contributed by atoms with E-state index in [1.165, 1.54) is 16.9 Å². The van der Waals surface area contributed by atoms with Crippen molar-refractivity contribution in [1.82, 2.24) is 0 Å². The maximum absolute atomic E-state index is 13.2. The van der Waals surface area contributed by atoms with Gasteiger partial charge in [-0.1, -0.05) is 36.4 Å². The molecule has 1 saturated heterocycles. The zero-order valence-electron chi connectivity index (χ0n) is 14.3. The number of nitrogens with zero attached hydrogens (tertiary/aromatic N) is 2. The lowest BCUT2D eigenvalue weighted by molar-refractivity contribution is -0.134. The van der Waals surface area contributed by atoms with Crippen LogP contribution in [0.2, 0.25) is 0 Å². The molecule has 0 saturated carbocycles. The highest BCUT2D eigenvalue weighted by atomic mass is 16.2. The summed E-state index contributed by atoms with van der Waals surface area (Å²) < 4.78 is 0. The summed E-state index contributed by atoms with van der Waals surface area (Å²) in [6, 6.07) is 18.2. The molecule has 25 heavy (non-hydrogen) atoms. The van der Waals surface area contributed by atoms with Crippen molar-refractivity contribution in [2.24, 2.45) is 5.41 Å². The Labute approximate surface area is 146 Å². The fraction of sp³-hybridized carbons (Fsp3) is 0.250. The van der Waals surface area contributed by atoms with Gasteiger partial charge in [-0.05, 0) is 44.5 Å². The fourth-order valence-corrected chi connectivity index (χ4v) is 2.98. The first-order chi connectivity index (χ1) is 11.9. The summed E-state index contributed by atoms with van der Waals surface area (Å²) in [5.41, 5.74) is -0.00956. The molecule has 0 radical (unpaired) electrons. The fourth-order valence-electron chi connectivity index (χ4n) is 2.98. The van der Waals surface area contributed by atoms with Gasteiger partial charge in [0.25, 0.3) is 11.8 Å². The zero-order valence-corrected chi connectivity index (χ0v) is 14.3. The number of carbonyl (C=O) groups excluding carboxylic acids is 3. The van der Waals surface area contributed by atoms with Gasteiger partial charge in [-0.2, -0.15) is 0 Å². The summed E-state index contributed by atoms with van der Waals surface area (Å²) in [5, 5.41) is 2.83. The molecule has 0 bridgehead atoms. The second-order valence-corrected chi connectivity index (χ2v) is 6.44. The Balaban J connectivity index is 2.08. The molecule has 0 spiro atoms. The predicted octanol–water partition coefficient (Wildman–Crippen LogP) is 3.36. The molecule has 2 amide bonds. The molecule has 0 unspecified atom stereocenters. The van der Waals surface area contributed by atoms with E-state index in [-0.39, 0.29) is 30.4 Å². The quantitative estimate of drug-likeness (QED) is 0.787. The molecule has 1 heterocycles. The number of hydrazine groups is 1. The zero-order chi connectivity index (χ0) is 18.0. The van der Waals surface area contributed by atoms with Crippen LogP contribution in [-0.2, 0) is 14.4 Å². The normalized spacial score (nSPS) is 16.4. The van der Waals surface area contributed by atoms with E-state index in [0.29, 0.717) is 11.4 Å². The standard InChI is InChI=1S/C20H20N2O3/c1-15(23)13-14-20(2)18(24)21(16-9-5-3-6-10-16)22(19(20)25)17-11-7-4-8-12-17/h3-12H,13-14H2,1-2H3. The van der Waals surface area contributed by atoms with Crippen molar-refractivity contribution in [3.63, 3.8) is 0 Å². The van der Waals surface area contributed by atoms with E-state index >= 15 is 0 Å². The van der Waals surface area contributed by atoms with Crippen molar-refractivity contribution in [2.75, 3.05) is 10.0 Å². The van der Waals surface area contributed by atoms with Crippen LogP contribution < -0.4 is 10.0 Å². The molecule has 1 aliphatic rings. The maximum Gasteiger partial charge on any atom is 0.261 e. The van der Waals surface area contributed by atoms with Gasteiger partial charge in [0.2, 0.25) is 0 Å². The maximum atomic E-state index is 13.2. The molecule has 1 fully saturated rings. The van der Waals surface area contributed by atoms with E-state index in [0.717, 1.165) is 0 Å². The molecule has 5 nitrogen and oxygen atoms in total. The third-order valence-electron chi connectivity index (χ3n) is 4.51. The van der Waals surface area contributed by atoms with Crippen molar-refractivity contribution in [3.05, 3.63) is 60.7 Å². The van der Waals surface area contributed by atoms with E-state index in [9.17, 15) is 14.4 Å². The second kappa shape index (κ2) is 6.51. The van der Waals surface area contributed by atoms with Crippen LogP contribution in [0.1, 0.15) is 26.7 Å². The largest absolute Gasteiger partial charge is 0.300 e. The molecular weight excluding hydrogens is 316 g/mol. The van der Waals surface area contributed by atoms with Crippen LogP contribution >= 0.6 is 0 Å². The number of rotatable bonds is 5. The number of Topliss-reactive ketones (excluding diaryl/α,β-unsaturated/α-hetero) is 1. The number of hydrogen-bond donors (Lipinski definition) is 0. The van der Waals surface area contributed by atoms with Crippen LogP contribution in [0.5, 0.6) is 0 Å². The minimum absolute atomic E-state index is 0.0359. The number of hydrogen-bond acceptors (Lipinski definition) is 3. The predicted molar refractivity (Wildman–Crippen MR) is 95.9 cm³/mol. The Morgan fingerprint density at radius 2 is 1.24 bits per heavy atom. The Bertz CT molecular complexity index is 745. The summed E-state index contributed by atoms with van der Waals surface area (Å²) in [6.07, 6.45) is 0.395. The van der Waals surface area contributed by atoms with Crippen molar-refractivity contribution in [1.29, 1.82) is 0 Å². The number of carbonyl (C=O) groups is 3. The second-order valence-electron chi connectivity index (χ2n) is 6.44. The number of anilines is 2. The van der Waals surface area contributed by atoms with Crippen LogP contribution in [0.4, 0.5) is 11.4 Å². The van der Waals surface area contributed by atoms with Crippen molar-refractivity contribution in [3.8, 4) is 0 Å². The van der Waals surface area contributed by atoms with Gasteiger partial charge in [-0.25, -0.2) is 10.0 Å². The third-order valence-corrected chi connectivity index (χ3v) is 4.51. The Morgan fingerprint density at radius 1 is 0.840 bits per heavy atom. The SMILES string of the molecule is CC(=O)CCC1(C)C(=O)N(c2ccccc2)N(c2ccccc2)C1=O. The highest BCUT2D eigenvalue weighted by molar-refractivity contribution is 6.25. The first-order valence-electron chi connectivity index (χ1n) is 8.24. The Hall–Kier alpha value is -2.95. The highest BCUT2D eigenvalue weighted by Crippen LogP contribution is 2.41. The molecule has 0 atom stereocenters. The molecule has 2 aromatic carbocycles. The van der Waals surface area contributed by atoms with Crippen molar-refractivity contribution in [2.45, 2.75) is 26.7 Å². The Kier molecular flexibility index (Phi) is 4.40. The summed E-state index contributed by atoms with van der Waals surface area (Å²) in [5.74, 6) is -0.658. The molecular formula is C20H20N2O3. The summed E-state index contributed by atoms with van der Waals surface area (Å²) in [6.45, 7) is 3.09. The number of ketones is 1. The summed E-state index contributed by atoms with van der Waals surface area (Å²) in [7, 11) is 0. The minimum Gasteiger partial charge on any atom is -0.300 e. The van der Waals surface area contributed by atoms with Crippen LogP contribution in [0, 0.1) is 5.41 Å². The molecule has 128 valence electrons. The Morgan fingerprint density at radius 3 is 1.60 bits per heavy atom. The van der Waals surface area contributed by atoms with E-state index in [1.54, 1.807) is 31.2 Å². The summed E-state index contributed by atoms with van der Waals surface area (Å²) in [4.78, 5) is 37.8. The summed E-state index contributed by atoms with van der Waals surface area (Å²) >= 11 is 0. The number of amides is 2. The van der Waals surface area contributed by atoms with Crippen molar-refractivity contribution >= 4 is 29.0 Å². The van der Waals surface area contributed by atoms with Crippen LogP contribution in [-0.4, -0.2) is 17.6 Å². The lowest BCUT2D eigenvalue weighted by Gasteiger charge is -2.27. The van der Waals surface area contributed by atoms with E-state index in [4.69, 9.17) is 0 Å². The lowest BCUT2D eigenvalue weighted by Crippen LogP contribution is -2.41. The van der Waals surface area contributed by atoms with E-state index in [1.807, 2.05) is 36.4 Å². The van der Waals surface area contributed by atoms with Gasteiger partial charge in [-0.3, -0.25) is 9.59 Å². The molecule has 1 aliphatic heterocycles. The molecule has 0 aromatic heterocycles.